The first-order valence-corrected chi connectivity index (χ1v) is 8.45. The summed E-state index contributed by atoms with van der Waals surface area (Å²) in [4.78, 5) is 19.1. The highest BCUT2D eigenvalue weighted by Gasteiger charge is 2.18. The van der Waals surface area contributed by atoms with Crippen LogP contribution >= 0.6 is 0 Å². The quantitative estimate of drug-likeness (QED) is 0.594. The van der Waals surface area contributed by atoms with Crippen molar-refractivity contribution >= 4 is 11.5 Å². The average molecular weight is 342 g/mol. The molecule has 2 heterocycles. The summed E-state index contributed by atoms with van der Waals surface area (Å²) in [5, 5.41) is 10.7. The molecule has 1 aliphatic heterocycles. The highest BCUT2D eigenvalue weighted by Crippen LogP contribution is 2.19. The standard InChI is InChI=1S/C18H22N4O3/c1-2-25-17-6-3-15(4-7-17)14-20-9-11-21(12-10-20)18-8-5-16(13-19-18)22(23)24/h3-8,13H,2,9-12,14H2,1H3. The third kappa shape index (κ3) is 4.45. The number of hydrogen-bond acceptors (Lipinski definition) is 6. The highest BCUT2D eigenvalue weighted by atomic mass is 16.6. The van der Waals surface area contributed by atoms with Crippen LogP contribution in [0.5, 0.6) is 5.75 Å². The summed E-state index contributed by atoms with van der Waals surface area (Å²) in [7, 11) is 0. The van der Waals surface area contributed by atoms with E-state index in [0.29, 0.717) is 6.61 Å². The van der Waals surface area contributed by atoms with Crippen LogP contribution in [0.2, 0.25) is 0 Å². The van der Waals surface area contributed by atoms with Crippen LogP contribution in [-0.2, 0) is 6.54 Å². The van der Waals surface area contributed by atoms with Gasteiger partial charge in [-0.25, -0.2) is 4.98 Å². The van der Waals surface area contributed by atoms with Gasteiger partial charge >= 0.3 is 0 Å². The molecule has 1 aromatic heterocycles. The van der Waals surface area contributed by atoms with E-state index in [4.69, 9.17) is 4.74 Å². The van der Waals surface area contributed by atoms with Crippen molar-refractivity contribution < 1.29 is 9.66 Å². The van der Waals surface area contributed by atoms with Gasteiger partial charge in [0, 0.05) is 38.8 Å². The number of aromatic nitrogens is 1. The number of rotatable bonds is 6. The van der Waals surface area contributed by atoms with Gasteiger partial charge in [-0.2, -0.15) is 0 Å². The van der Waals surface area contributed by atoms with E-state index in [-0.39, 0.29) is 5.69 Å². The van der Waals surface area contributed by atoms with E-state index >= 15 is 0 Å². The van der Waals surface area contributed by atoms with Crippen LogP contribution in [0.15, 0.2) is 42.6 Å². The van der Waals surface area contributed by atoms with Crippen LogP contribution in [-0.4, -0.2) is 47.6 Å². The van der Waals surface area contributed by atoms with Crippen LogP contribution in [0.1, 0.15) is 12.5 Å². The Morgan fingerprint density at radius 3 is 2.40 bits per heavy atom. The van der Waals surface area contributed by atoms with Crippen molar-refractivity contribution in [2.45, 2.75) is 13.5 Å². The van der Waals surface area contributed by atoms with Crippen molar-refractivity contribution in [1.82, 2.24) is 9.88 Å². The SMILES string of the molecule is CCOc1ccc(CN2CCN(c3ccc([N+](=O)[O-])cn3)CC2)cc1. The van der Waals surface area contributed by atoms with E-state index in [1.54, 1.807) is 6.07 Å². The lowest BCUT2D eigenvalue weighted by Gasteiger charge is -2.35. The summed E-state index contributed by atoms with van der Waals surface area (Å²) in [6.45, 7) is 7.17. The predicted octanol–water partition coefficient (Wildman–Crippen LogP) is 2.71. The van der Waals surface area contributed by atoms with Crippen molar-refractivity contribution in [3.05, 3.63) is 58.3 Å². The molecule has 0 N–H and O–H groups in total. The second-order valence-corrected chi connectivity index (χ2v) is 5.97. The maximum absolute atomic E-state index is 10.7. The zero-order chi connectivity index (χ0) is 17.6. The van der Waals surface area contributed by atoms with Crippen LogP contribution in [0, 0.1) is 10.1 Å². The molecule has 0 atom stereocenters. The Kier molecular flexibility index (Phi) is 5.45. The molecule has 2 aromatic rings. The van der Waals surface area contributed by atoms with Crippen molar-refractivity contribution in [2.24, 2.45) is 0 Å². The van der Waals surface area contributed by atoms with Gasteiger partial charge in [0.05, 0.1) is 11.5 Å². The maximum atomic E-state index is 10.7. The Balaban J connectivity index is 1.52. The summed E-state index contributed by atoms with van der Waals surface area (Å²) < 4.78 is 5.47. The van der Waals surface area contributed by atoms with Gasteiger partial charge in [0.1, 0.15) is 17.8 Å². The lowest BCUT2D eigenvalue weighted by atomic mass is 10.2. The van der Waals surface area contributed by atoms with Gasteiger partial charge < -0.3 is 9.64 Å². The number of benzene rings is 1. The second kappa shape index (κ2) is 7.94. The average Bonchev–Trinajstić information content (AvgIpc) is 2.64. The molecule has 0 bridgehead atoms. The van der Waals surface area contributed by atoms with Crippen LogP contribution < -0.4 is 9.64 Å². The molecule has 0 amide bonds. The van der Waals surface area contributed by atoms with E-state index in [0.717, 1.165) is 44.3 Å². The first-order chi connectivity index (χ1) is 12.2. The van der Waals surface area contributed by atoms with Gasteiger partial charge in [0.2, 0.25) is 0 Å². The number of nitrogens with zero attached hydrogens (tertiary/aromatic N) is 4. The Morgan fingerprint density at radius 1 is 1.12 bits per heavy atom. The van der Waals surface area contributed by atoms with Crippen molar-refractivity contribution in [3.63, 3.8) is 0 Å². The van der Waals surface area contributed by atoms with Crippen molar-refractivity contribution in [3.8, 4) is 5.75 Å². The van der Waals surface area contributed by atoms with Gasteiger partial charge in [0.15, 0.2) is 0 Å². The molecular formula is C18H22N4O3. The fourth-order valence-corrected chi connectivity index (χ4v) is 2.92. The molecule has 0 aliphatic carbocycles. The molecule has 1 aliphatic rings. The minimum atomic E-state index is -0.425. The minimum Gasteiger partial charge on any atom is -0.494 e. The normalized spacial score (nSPS) is 15.2. The zero-order valence-corrected chi connectivity index (χ0v) is 14.3. The number of anilines is 1. The number of nitro groups is 1. The third-order valence-corrected chi connectivity index (χ3v) is 4.28. The van der Waals surface area contributed by atoms with Crippen molar-refractivity contribution in [2.75, 3.05) is 37.7 Å². The Bertz CT molecular complexity index is 695. The Hall–Kier alpha value is -2.67. The number of piperazine rings is 1. The Morgan fingerprint density at radius 2 is 1.84 bits per heavy atom. The number of hydrogen-bond donors (Lipinski definition) is 0. The van der Waals surface area contributed by atoms with Gasteiger partial charge in [-0.05, 0) is 30.7 Å². The molecule has 1 aromatic carbocycles. The lowest BCUT2D eigenvalue weighted by Crippen LogP contribution is -2.46. The number of pyridine rings is 1. The molecular weight excluding hydrogens is 320 g/mol. The van der Waals surface area contributed by atoms with Gasteiger partial charge in [0.25, 0.3) is 5.69 Å². The van der Waals surface area contributed by atoms with Crippen LogP contribution in [0.4, 0.5) is 11.5 Å². The summed E-state index contributed by atoms with van der Waals surface area (Å²) in [6.07, 6.45) is 1.32. The monoisotopic (exact) mass is 342 g/mol. The largest absolute Gasteiger partial charge is 0.494 e. The highest BCUT2D eigenvalue weighted by molar-refractivity contribution is 5.43. The first kappa shape index (κ1) is 17.2. The van der Waals surface area contributed by atoms with Crippen LogP contribution in [0.25, 0.3) is 0 Å². The predicted molar refractivity (Wildman–Crippen MR) is 96.0 cm³/mol. The van der Waals surface area contributed by atoms with E-state index in [9.17, 15) is 10.1 Å². The molecule has 25 heavy (non-hydrogen) atoms. The minimum absolute atomic E-state index is 0.0258. The van der Waals surface area contributed by atoms with E-state index < -0.39 is 4.92 Å². The smallest absolute Gasteiger partial charge is 0.287 e. The number of ether oxygens (including phenoxy) is 1. The Labute approximate surface area is 147 Å². The third-order valence-electron chi connectivity index (χ3n) is 4.28. The van der Waals surface area contributed by atoms with Gasteiger partial charge in [-0.3, -0.25) is 15.0 Å². The molecule has 0 radical (unpaired) electrons. The molecule has 0 saturated carbocycles. The van der Waals surface area contributed by atoms with Gasteiger partial charge in [-0.1, -0.05) is 12.1 Å². The first-order valence-electron chi connectivity index (χ1n) is 8.45. The molecule has 1 saturated heterocycles. The topological polar surface area (TPSA) is 71.7 Å². The fraction of sp³-hybridized carbons (Fsp3) is 0.389. The van der Waals surface area contributed by atoms with Crippen LogP contribution in [0.3, 0.4) is 0 Å². The van der Waals surface area contributed by atoms with E-state index in [1.165, 1.54) is 17.8 Å². The molecule has 0 unspecified atom stereocenters. The molecule has 3 rings (SSSR count). The molecule has 7 nitrogen and oxygen atoms in total. The van der Waals surface area contributed by atoms with E-state index in [1.807, 2.05) is 19.1 Å². The second-order valence-electron chi connectivity index (χ2n) is 5.97. The molecule has 1 fully saturated rings. The lowest BCUT2D eigenvalue weighted by molar-refractivity contribution is -0.385. The van der Waals surface area contributed by atoms with Gasteiger partial charge in [-0.15, -0.1) is 0 Å². The zero-order valence-electron chi connectivity index (χ0n) is 14.3. The molecule has 132 valence electrons. The van der Waals surface area contributed by atoms with Crippen molar-refractivity contribution in [1.29, 1.82) is 0 Å². The van der Waals surface area contributed by atoms with E-state index in [2.05, 4.69) is 26.9 Å². The molecule has 0 spiro atoms. The fourth-order valence-electron chi connectivity index (χ4n) is 2.92. The summed E-state index contributed by atoms with van der Waals surface area (Å²) >= 11 is 0. The summed E-state index contributed by atoms with van der Waals surface area (Å²) in [5.74, 6) is 1.70. The maximum Gasteiger partial charge on any atom is 0.287 e. The summed E-state index contributed by atoms with van der Waals surface area (Å²) in [6, 6.07) is 11.5. The molecule has 7 heteroatoms. The summed E-state index contributed by atoms with van der Waals surface area (Å²) in [5.41, 5.74) is 1.29.